The number of fused-ring (bicyclic) bond motifs is 1. The van der Waals surface area contributed by atoms with Crippen molar-refractivity contribution in [2.45, 2.75) is 17.4 Å². The van der Waals surface area contributed by atoms with Crippen molar-refractivity contribution in [1.29, 1.82) is 0 Å². The Balaban J connectivity index is 1.71. The van der Waals surface area contributed by atoms with Gasteiger partial charge in [0.2, 0.25) is 11.8 Å². The van der Waals surface area contributed by atoms with Gasteiger partial charge in [-0.2, -0.15) is 0 Å². The molecule has 1 aromatic carbocycles. The molecule has 1 heterocycles. The van der Waals surface area contributed by atoms with Gasteiger partial charge in [-0.05, 0) is 18.6 Å². The third-order valence-corrected chi connectivity index (χ3v) is 5.36. The lowest BCUT2D eigenvalue weighted by Crippen LogP contribution is -2.49. The Morgan fingerprint density at radius 2 is 1.83 bits per heavy atom. The number of allylic oxidation sites excluding steroid dienone is 1. The Morgan fingerprint density at radius 3 is 2.54 bits per heavy atom. The summed E-state index contributed by atoms with van der Waals surface area (Å²) in [6.07, 6.45) is 3.69. The maximum atomic E-state index is 12.1. The van der Waals surface area contributed by atoms with Crippen LogP contribution in [0.3, 0.4) is 0 Å². The van der Waals surface area contributed by atoms with E-state index in [0.29, 0.717) is 6.42 Å². The number of nitrogens with one attached hydrogen (secondary N) is 3. The van der Waals surface area contributed by atoms with Crippen LogP contribution < -0.4 is 15.4 Å². The molecule has 0 unspecified atom stereocenters. The number of rotatable bonds is 3. The number of benzene rings is 1. The summed E-state index contributed by atoms with van der Waals surface area (Å²) in [5.41, 5.74) is 0. The molecule has 0 spiro atoms. The van der Waals surface area contributed by atoms with Crippen molar-refractivity contribution in [3.63, 3.8) is 0 Å². The molecule has 1 fully saturated rings. The van der Waals surface area contributed by atoms with Crippen LogP contribution >= 0.6 is 0 Å². The van der Waals surface area contributed by atoms with Gasteiger partial charge in [-0.15, -0.1) is 0 Å². The van der Waals surface area contributed by atoms with E-state index in [-0.39, 0.29) is 10.8 Å². The molecule has 2 aliphatic rings. The van der Waals surface area contributed by atoms with Crippen molar-refractivity contribution in [3.05, 3.63) is 42.5 Å². The Hall–Kier alpha value is -2.68. The first-order valence-electron chi connectivity index (χ1n) is 7.28. The van der Waals surface area contributed by atoms with Crippen LogP contribution in [0, 0.1) is 11.8 Å². The lowest BCUT2D eigenvalue weighted by Gasteiger charge is -2.26. The number of hydrogen-bond acceptors (Lipinski definition) is 5. The van der Waals surface area contributed by atoms with Crippen LogP contribution in [0.15, 0.2) is 47.4 Å². The second kappa shape index (κ2) is 6.08. The average molecular weight is 349 g/mol. The number of hydrogen-bond donors (Lipinski definition) is 3. The topological polar surface area (TPSA) is 121 Å². The maximum Gasteiger partial charge on any atom is 0.329 e. The smallest absolute Gasteiger partial charge is 0.329 e. The summed E-state index contributed by atoms with van der Waals surface area (Å²) in [5.74, 6) is -2.12. The van der Waals surface area contributed by atoms with Gasteiger partial charge in [0.05, 0.1) is 22.8 Å². The van der Waals surface area contributed by atoms with E-state index >= 15 is 0 Å². The summed E-state index contributed by atoms with van der Waals surface area (Å²) in [6.45, 7) is 0. The van der Waals surface area contributed by atoms with E-state index in [0.717, 1.165) is 0 Å². The van der Waals surface area contributed by atoms with E-state index in [4.69, 9.17) is 0 Å². The summed E-state index contributed by atoms with van der Waals surface area (Å²) in [5, 5.41) is 4.67. The molecule has 1 saturated heterocycles. The first-order valence-corrected chi connectivity index (χ1v) is 8.76. The predicted molar refractivity (Wildman–Crippen MR) is 83.0 cm³/mol. The van der Waals surface area contributed by atoms with Crippen LogP contribution in [0.5, 0.6) is 0 Å². The Bertz CT molecular complexity index is 819. The molecule has 0 radical (unpaired) electrons. The summed E-state index contributed by atoms with van der Waals surface area (Å²) in [7, 11) is -4.01. The third-order valence-electron chi connectivity index (χ3n) is 4.02. The molecule has 3 N–H and O–H groups in total. The third kappa shape index (κ3) is 3.02. The van der Waals surface area contributed by atoms with Crippen LogP contribution in [-0.4, -0.2) is 32.3 Å². The van der Waals surface area contributed by atoms with Crippen LogP contribution in [-0.2, 0) is 19.6 Å². The fourth-order valence-electron chi connectivity index (χ4n) is 2.90. The molecule has 1 aliphatic heterocycles. The highest BCUT2D eigenvalue weighted by Crippen LogP contribution is 2.30. The maximum absolute atomic E-state index is 12.1. The molecule has 0 bridgehead atoms. The van der Waals surface area contributed by atoms with Crippen LogP contribution in [0.4, 0.5) is 4.79 Å². The fraction of sp³-hybridized carbons (Fsp3) is 0.267. The zero-order valence-electron chi connectivity index (χ0n) is 12.4. The predicted octanol–water partition coefficient (Wildman–Crippen LogP) is -0.108. The summed E-state index contributed by atoms with van der Waals surface area (Å²) < 4.78 is 26.1. The fourth-order valence-corrected chi connectivity index (χ4v) is 3.84. The summed E-state index contributed by atoms with van der Waals surface area (Å²) >= 11 is 0. The highest BCUT2D eigenvalue weighted by Gasteiger charge is 2.46. The molecule has 24 heavy (non-hydrogen) atoms. The lowest BCUT2D eigenvalue weighted by molar-refractivity contribution is -0.126. The molecule has 1 aromatic rings. The Labute approximate surface area is 138 Å². The van der Waals surface area contributed by atoms with Crippen molar-refractivity contribution < 1.29 is 22.8 Å². The largest absolute Gasteiger partial charge is 0.330 e. The number of amides is 4. The van der Waals surface area contributed by atoms with Gasteiger partial charge in [0.25, 0.3) is 10.0 Å². The van der Waals surface area contributed by atoms with Gasteiger partial charge in [-0.3, -0.25) is 14.9 Å². The van der Waals surface area contributed by atoms with Gasteiger partial charge in [0.15, 0.2) is 0 Å². The van der Waals surface area contributed by atoms with E-state index in [9.17, 15) is 22.8 Å². The molecule has 126 valence electrons. The first kappa shape index (κ1) is 16.2. The lowest BCUT2D eigenvalue weighted by atomic mass is 9.81. The Kier molecular flexibility index (Phi) is 4.10. The minimum atomic E-state index is -4.01. The van der Waals surface area contributed by atoms with E-state index < -0.39 is 39.8 Å². The van der Waals surface area contributed by atoms with Crippen molar-refractivity contribution in [2.75, 3.05) is 0 Å². The van der Waals surface area contributed by atoms with Gasteiger partial charge < -0.3 is 5.32 Å². The monoisotopic (exact) mass is 349 g/mol. The zero-order valence-corrected chi connectivity index (χ0v) is 13.2. The van der Waals surface area contributed by atoms with Crippen LogP contribution in [0.1, 0.15) is 6.42 Å². The van der Waals surface area contributed by atoms with Crippen LogP contribution in [0.25, 0.3) is 0 Å². The second-order valence-electron chi connectivity index (χ2n) is 5.57. The number of sulfonamides is 1. The number of carbonyl (C=O) groups is 3. The average Bonchev–Trinajstić information content (AvgIpc) is 2.83. The highest BCUT2D eigenvalue weighted by molar-refractivity contribution is 7.90. The Morgan fingerprint density at radius 1 is 1.12 bits per heavy atom. The minimum Gasteiger partial charge on any atom is -0.330 e. The second-order valence-corrected chi connectivity index (χ2v) is 7.25. The van der Waals surface area contributed by atoms with E-state index in [1.54, 1.807) is 18.2 Å². The van der Waals surface area contributed by atoms with Gasteiger partial charge in [0, 0.05) is 0 Å². The summed E-state index contributed by atoms with van der Waals surface area (Å²) in [6, 6.07) is 5.74. The quantitative estimate of drug-likeness (QED) is 0.519. The standard InChI is InChI=1S/C15H15N3O5S/c19-13-10-7-4-8-11(12(10)14(20)17-13)16-15(21)18-24(22,23)9-5-2-1-3-6-9/h1-6,8,10-12H,7H2,(H2,16,18,21)(H,17,19,20)/t10-,11+,12-/m0/s1. The van der Waals surface area contributed by atoms with Gasteiger partial charge in [0.1, 0.15) is 0 Å². The van der Waals surface area contributed by atoms with Crippen molar-refractivity contribution in [2.24, 2.45) is 11.8 Å². The molecule has 9 heteroatoms. The molecule has 4 amide bonds. The van der Waals surface area contributed by atoms with Crippen molar-refractivity contribution in [1.82, 2.24) is 15.4 Å². The molecule has 3 atom stereocenters. The van der Waals surface area contributed by atoms with Crippen molar-refractivity contribution >= 4 is 27.9 Å². The molecule has 0 saturated carbocycles. The molecule has 0 aromatic heterocycles. The number of urea groups is 1. The normalized spacial score (nSPS) is 25.8. The molecular formula is C15H15N3O5S. The van der Waals surface area contributed by atoms with Gasteiger partial charge in [-0.25, -0.2) is 17.9 Å². The molecule has 1 aliphatic carbocycles. The zero-order chi connectivity index (χ0) is 17.3. The highest BCUT2D eigenvalue weighted by atomic mass is 32.2. The van der Waals surface area contributed by atoms with Gasteiger partial charge >= 0.3 is 6.03 Å². The van der Waals surface area contributed by atoms with Crippen molar-refractivity contribution in [3.8, 4) is 0 Å². The number of carbonyl (C=O) groups excluding carboxylic acids is 3. The minimum absolute atomic E-state index is 0.0500. The first-order chi connectivity index (χ1) is 11.4. The molecular weight excluding hydrogens is 334 g/mol. The van der Waals surface area contributed by atoms with E-state index in [1.165, 1.54) is 24.3 Å². The van der Waals surface area contributed by atoms with Gasteiger partial charge in [-0.1, -0.05) is 30.4 Å². The SMILES string of the molecule is O=C(N[C@@H]1C=CC[C@@H]2C(=O)NC(=O)[C@@H]21)NS(=O)(=O)c1ccccc1. The van der Waals surface area contributed by atoms with E-state index in [1.807, 2.05) is 4.72 Å². The molecule has 3 rings (SSSR count). The number of imide groups is 1. The van der Waals surface area contributed by atoms with Crippen LogP contribution in [0.2, 0.25) is 0 Å². The molecule has 8 nitrogen and oxygen atoms in total. The van der Waals surface area contributed by atoms with E-state index in [2.05, 4.69) is 10.6 Å². The summed E-state index contributed by atoms with van der Waals surface area (Å²) in [4.78, 5) is 35.5.